The second kappa shape index (κ2) is 7.43. The fourth-order valence-corrected chi connectivity index (χ4v) is 2.27. The molecule has 3 amide bonds. The summed E-state index contributed by atoms with van der Waals surface area (Å²) in [5.41, 5.74) is 0.729. The summed E-state index contributed by atoms with van der Waals surface area (Å²) in [6.07, 6.45) is 3.17. The van der Waals surface area contributed by atoms with Gasteiger partial charge in [-0.25, -0.2) is 14.4 Å². The highest BCUT2D eigenvalue weighted by Gasteiger charge is 2.37. The Morgan fingerprint density at radius 3 is 2.35 bits per heavy atom. The lowest BCUT2D eigenvalue weighted by Crippen LogP contribution is -2.43. The molecule has 0 bridgehead atoms. The van der Waals surface area contributed by atoms with Crippen molar-refractivity contribution in [3.05, 3.63) is 48.0 Å². The molecule has 0 unspecified atom stereocenters. The average molecular weight is 352 g/mol. The van der Waals surface area contributed by atoms with Crippen molar-refractivity contribution in [2.24, 2.45) is 5.92 Å². The lowest BCUT2D eigenvalue weighted by Gasteiger charge is -2.20. The van der Waals surface area contributed by atoms with E-state index in [0.717, 1.165) is 17.3 Å². The highest BCUT2D eigenvalue weighted by molar-refractivity contribution is 6.32. The number of nitrogens with one attached hydrogen (secondary N) is 1. The Morgan fingerprint density at radius 1 is 1.15 bits per heavy atom. The molecule has 2 aromatic rings. The molecule has 1 N–H and O–H groups in total. The van der Waals surface area contributed by atoms with Crippen LogP contribution >= 0.6 is 0 Å². The van der Waals surface area contributed by atoms with Crippen LogP contribution in [0.3, 0.4) is 0 Å². The first-order valence-corrected chi connectivity index (χ1v) is 7.92. The van der Waals surface area contributed by atoms with E-state index in [1.165, 1.54) is 12.1 Å². The SMILES string of the molecule is [B]c1ccc(C(=O)N(CC(=O)Nc2ncc(F)cn2)C(=O)C2CC2)cc1. The van der Waals surface area contributed by atoms with Crippen LogP contribution in [0.1, 0.15) is 23.2 Å². The predicted octanol–water partition coefficient (Wildman–Crippen LogP) is 0.427. The molecule has 1 fully saturated rings. The molecule has 1 aromatic carbocycles. The number of imide groups is 1. The van der Waals surface area contributed by atoms with E-state index in [-0.39, 0.29) is 17.4 Å². The van der Waals surface area contributed by atoms with Crippen LogP contribution in [0.15, 0.2) is 36.7 Å². The van der Waals surface area contributed by atoms with Gasteiger partial charge in [-0.05, 0) is 12.8 Å². The summed E-state index contributed by atoms with van der Waals surface area (Å²) in [4.78, 5) is 45.4. The lowest BCUT2D eigenvalue weighted by molar-refractivity contribution is -0.133. The molecule has 0 atom stereocenters. The zero-order valence-electron chi connectivity index (χ0n) is 13.7. The summed E-state index contributed by atoms with van der Waals surface area (Å²) in [5, 5.41) is 2.34. The van der Waals surface area contributed by atoms with Crippen molar-refractivity contribution >= 4 is 37.0 Å². The maximum absolute atomic E-state index is 12.8. The molecule has 9 heteroatoms. The van der Waals surface area contributed by atoms with Crippen LogP contribution in [0, 0.1) is 11.7 Å². The standard InChI is InChI=1S/C17H14BFN4O3/c18-12-5-3-11(4-6-12)16(26)23(15(25)10-1-2-10)9-14(24)22-17-20-7-13(19)8-21-17/h3-8,10H,1-2,9H2,(H,20,21,22,24). The number of halogens is 1. The van der Waals surface area contributed by atoms with Crippen LogP contribution < -0.4 is 10.8 Å². The predicted molar refractivity (Wildman–Crippen MR) is 91.2 cm³/mol. The average Bonchev–Trinajstić information content (AvgIpc) is 3.46. The van der Waals surface area contributed by atoms with Crippen LogP contribution in [0.2, 0.25) is 0 Å². The van der Waals surface area contributed by atoms with E-state index in [2.05, 4.69) is 15.3 Å². The topological polar surface area (TPSA) is 92.3 Å². The number of hydrogen-bond acceptors (Lipinski definition) is 5. The summed E-state index contributed by atoms with van der Waals surface area (Å²) in [6, 6.07) is 6.07. The van der Waals surface area contributed by atoms with Crippen molar-refractivity contribution in [1.29, 1.82) is 0 Å². The number of anilines is 1. The molecule has 3 rings (SSSR count). The van der Waals surface area contributed by atoms with Gasteiger partial charge in [0, 0.05) is 11.5 Å². The van der Waals surface area contributed by atoms with Gasteiger partial charge in [0.25, 0.3) is 5.91 Å². The zero-order valence-corrected chi connectivity index (χ0v) is 13.7. The van der Waals surface area contributed by atoms with Gasteiger partial charge in [-0.1, -0.05) is 29.7 Å². The first-order chi connectivity index (χ1) is 12.4. The van der Waals surface area contributed by atoms with Crippen LogP contribution in [0.5, 0.6) is 0 Å². The van der Waals surface area contributed by atoms with E-state index in [1.54, 1.807) is 12.1 Å². The van der Waals surface area contributed by atoms with E-state index in [9.17, 15) is 18.8 Å². The number of hydrogen-bond donors (Lipinski definition) is 1. The minimum atomic E-state index is -0.658. The monoisotopic (exact) mass is 352 g/mol. The molecule has 1 aromatic heterocycles. The van der Waals surface area contributed by atoms with Crippen LogP contribution in [-0.4, -0.2) is 47.0 Å². The number of carbonyl (C=O) groups excluding carboxylic acids is 3. The van der Waals surface area contributed by atoms with Gasteiger partial charge in [0.15, 0.2) is 5.82 Å². The summed E-state index contributed by atoms with van der Waals surface area (Å²) >= 11 is 0. The van der Waals surface area contributed by atoms with Crippen molar-refractivity contribution in [2.45, 2.75) is 12.8 Å². The fourth-order valence-electron chi connectivity index (χ4n) is 2.27. The third-order valence-electron chi connectivity index (χ3n) is 3.77. The van der Waals surface area contributed by atoms with Crippen molar-refractivity contribution in [2.75, 3.05) is 11.9 Å². The second-order valence-corrected chi connectivity index (χ2v) is 5.90. The Kier molecular flexibility index (Phi) is 5.06. The van der Waals surface area contributed by atoms with Crippen molar-refractivity contribution in [3.8, 4) is 0 Å². The first kappa shape index (κ1) is 17.7. The number of rotatable bonds is 5. The zero-order chi connectivity index (χ0) is 18.7. The van der Waals surface area contributed by atoms with Crippen LogP contribution in [-0.2, 0) is 9.59 Å². The number of nitrogens with zero attached hydrogens (tertiary/aromatic N) is 3. The molecule has 0 saturated heterocycles. The smallest absolute Gasteiger partial charge is 0.260 e. The molecule has 1 aliphatic carbocycles. The fraction of sp³-hybridized carbons (Fsp3) is 0.235. The minimum absolute atomic E-state index is 0.116. The van der Waals surface area contributed by atoms with Gasteiger partial charge in [0.05, 0.1) is 12.4 Å². The van der Waals surface area contributed by atoms with E-state index < -0.39 is 30.1 Å². The summed E-state index contributed by atoms with van der Waals surface area (Å²) < 4.78 is 12.8. The van der Waals surface area contributed by atoms with Gasteiger partial charge >= 0.3 is 0 Å². The number of benzene rings is 1. The molecule has 0 aliphatic heterocycles. The Bertz CT molecular complexity index is 838. The normalized spacial score (nSPS) is 13.1. The van der Waals surface area contributed by atoms with E-state index >= 15 is 0 Å². The quantitative estimate of drug-likeness (QED) is 0.622. The van der Waals surface area contributed by atoms with Crippen molar-refractivity contribution < 1.29 is 18.8 Å². The molecule has 1 saturated carbocycles. The minimum Gasteiger partial charge on any atom is -0.293 e. The molecule has 2 radical (unpaired) electrons. The van der Waals surface area contributed by atoms with Gasteiger partial charge in [-0.15, -0.1) is 0 Å². The maximum atomic E-state index is 12.8. The largest absolute Gasteiger partial charge is 0.293 e. The second-order valence-electron chi connectivity index (χ2n) is 5.90. The Morgan fingerprint density at radius 2 is 1.77 bits per heavy atom. The number of carbonyl (C=O) groups is 3. The van der Waals surface area contributed by atoms with E-state index in [0.29, 0.717) is 18.3 Å². The number of amides is 3. The molecule has 1 aliphatic rings. The molecule has 1 heterocycles. The van der Waals surface area contributed by atoms with Gasteiger partial charge in [-0.3, -0.25) is 24.6 Å². The molecular weight excluding hydrogens is 338 g/mol. The Balaban J connectivity index is 1.74. The summed E-state index contributed by atoms with van der Waals surface area (Å²) in [5.74, 6) is -2.65. The lowest BCUT2D eigenvalue weighted by atomic mass is 9.95. The van der Waals surface area contributed by atoms with Crippen molar-refractivity contribution in [1.82, 2.24) is 14.9 Å². The highest BCUT2D eigenvalue weighted by atomic mass is 19.1. The summed E-state index contributed by atoms with van der Waals surface area (Å²) in [6.45, 7) is -0.487. The van der Waals surface area contributed by atoms with Crippen LogP contribution in [0.25, 0.3) is 0 Å². The molecular formula is C17H14BFN4O3. The maximum Gasteiger partial charge on any atom is 0.260 e. The molecule has 130 valence electrons. The van der Waals surface area contributed by atoms with E-state index in [4.69, 9.17) is 7.85 Å². The molecule has 0 spiro atoms. The van der Waals surface area contributed by atoms with Gasteiger partial charge in [-0.2, -0.15) is 0 Å². The third kappa shape index (κ3) is 4.30. The number of aromatic nitrogens is 2. The van der Waals surface area contributed by atoms with Gasteiger partial charge in [0.1, 0.15) is 14.4 Å². The third-order valence-corrected chi connectivity index (χ3v) is 3.77. The first-order valence-electron chi connectivity index (χ1n) is 7.92. The highest BCUT2D eigenvalue weighted by Crippen LogP contribution is 2.31. The Labute approximate surface area is 150 Å². The molecule has 7 nitrogen and oxygen atoms in total. The van der Waals surface area contributed by atoms with Crippen LogP contribution in [0.4, 0.5) is 10.3 Å². The van der Waals surface area contributed by atoms with Gasteiger partial charge in [0.2, 0.25) is 17.8 Å². The molecule has 26 heavy (non-hydrogen) atoms. The Hall–Kier alpha value is -3.10. The van der Waals surface area contributed by atoms with Crippen molar-refractivity contribution in [3.63, 3.8) is 0 Å². The van der Waals surface area contributed by atoms with Gasteiger partial charge < -0.3 is 0 Å². The summed E-state index contributed by atoms with van der Waals surface area (Å²) in [7, 11) is 5.60. The van der Waals surface area contributed by atoms with E-state index in [1.807, 2.05) is 0 Å².